The van der Waals surface area contributed by atoms with Gasteiger partial charge in [-0.05, 0) is 30.2 Å². The minimum atomic E-state index is -2.26. The van der Waals surface area contributed by atoms with Crippen LogP contribution in [0.5, 0.6) is 0 Å². The number of rotatable bonds is 7. The van der Waals surface area contributed by atoms with Crippen LogP contribution >= 0.6 is 8.60 Å². The number of nitrogens with one attached hydrogen (secondary N) is 1. The Balaban J connectivity index is 1.85. The Morgan fingerprint density at radius 3 is 2.05 bits per heavy atom. The lowest BCUT2D eigenvalue weighted by Crippen LogP contribution is -2.07. The summed E-state index contributed by atoms with van der Waals surface area (Å²) in [5.74, 6) is 0. The van der Waals surface area contributed by atoms with Gasteiger partial charge in [-0.25, -0.2) is 0 Å². The van der Waals surface area contributed by atoms with Crippen LogP contribution in [0.4, 0.5) is 5.69 Å². The second-order valence-electron chi connectivity index (χ2n) is 4.88. The van der Waals surface area contributed by atoms with E-state index in [9.17, 15) is 0 Å². The van der Waals surface area contributed by atoms with Crippen LogP contribution in [0.1, 0.15) is 16.7 Å². The molecule has 0 aliphatic carbocycles. The Labute approximate surface area is 132 Å². The fourth-order valence-corrected chi connectivity index (χ4v) is 2.16. The van der Waals surface area contributed by atoms with Crippen molar-refractivity contribution < 1.29 is 14.3 Å². The smallest absolute Gasteiger partial charge is 0.327 e. The molecular weight excluding hydrogens is 297 g/mol. The monoisotopic (exact) mass is 317 g/mol. The van der Waals surface area contributed by atoms with Crippen molar-refractivity contribution in [3.8, 4) is 0 Å². The van der Waals surface area contributed by atoms with Crippen LogP contribution in [-0.2, 0) is 4.52 Å². The highest BCUT2D eigenvalue weighted by Gasteiger charge is 1.98. The average molecular weight is 317 g/mol. The summed E-state index contributed by atoms with van der Waals surface area (Å²) in [6.07, 6.45) is 4.16. The highest BCUT2D eigenvalue weighted by molar-refractivity contribution is 7.39. The molecule has 4 nitrogen and oxygen atoms in total. The van der Waals surface area contributed by atoms with Gasteiger partial charge in [0.1, 0.15) is 0 Å². The molecule has 0 aromatic heterocycles. The van der Waals surface area contributed by atoms with E-state index in [1.807, 2.05) is 24.3 Å². The van der Waals surface area contributed by atoms with Crippen molar-refractivity contribution in [2.75, 3.05) is 18.5 Å². The molecule has 0 radical (unpaired) electrons. The lowest BCUT2D eigenvalue weighted by Gasteiger charge is -2.07. The summed E-state index contributed by atoms with van der Waals surface area (Å²) < 4.78 is 4.69. The summed E-state index contributed by atoms with van der Waals surface area (Å²) in [5.41, 5.74) is 4.52. The van der Waals surface area contributed by atoms with Crippen LogP contribution in [0.2, 0.25) is 0 Å². The minimum Gasteiger partial charge on any atom is -0.383 e. The molecule has 2 rings (SSSR count). The standard InChI is InChI=1S/C17H20NO3P/c1-14-2-4-15(5-3-14)6-7-16-8-10-17(11-9-16)18-12-13-21-22(19)20/h2-11,18-20H,12-13H2,1H3/b7-6+. The third-order valence-electron chi connectivity index (χ3n) is 3.09. The van der Waals surface area contributed by atoms with Gasteiger partial charge in [-0.3, -0.25) is 0 Å². The first-order chi connectivity index (χ1) is 10.6. The van der Waals surface area contributed by atoms with E-state index >= 15 is 0 Å². The van der Waals surface area contributed by atoms with Gasteiger partial charge >= 0.3 is 8.60 Å². The maximum absolute atomic E-state index is 8.62. The molecule has 0 amide bonds. The Bertz CT molecular complexity index is 594. The lowest BCUT2D eigenvalue weighted by molar-refractivity contribution is 0.265. The third kappa shape index (κ3) is 5.96. The highest BCUT2D eigenvalue weighted by Crippen LogP contribution is 2.23. The summed E-state index contributed by atoms with van der Waals surface area (Å²) in [7, 11) is -2.26. The lowest BCUT2D eigenvalue weighted by atomic mass is 10.1. The van der Waals surface area contributed by atoms with Crippen molar-refractivity contribution in [2.45, 2.75) is 6.92 Å². The van der Waals surface area contributed by atoms with Gasteiger partial charge in [-0.2, -0.15) is 0 Å². The first-order valence-electron chi connectivity index (χ1n) is 7.03. The number of hydrogen-bond donors (Lipinski definition) is 3. The second kappa shape index (κ2) is 8.66. The molecule has 0 bridgehead atoms. The van der Waals surface area contributed by atoms with Gasteiger partial charge < -0.3 is 19.6 Å². The first kappa shape index (κ1) is 16.7. The molecule has 2 aromatic carbocycles. The van der Waals surface area contributed by atoms with E-state index in [2.05, 4.69) is 53.2 Å². The first-order valence-corrected chi connectivity index (χ1v) is 8.19. The molecule has 0 saturated heterocycles. The molecule has 0 unspecified atom stereocenters. The second-order valence-corrected chi connectivity index (χ2v) is 5.64. The fraction of sp³-hybridized carbons (Fsp3) is 0.176. The molecule has 5 heteroatoms. The van der Waals surface area contributed by atoms with E-state index in [1.54, 1.807) is 0 Å². The third-order valence-corrected chi connectivity index (χ3v) is 3.51. The zero-order chi connectivity index (χ0) is 15.8. The summed E-state index contributed by atoms with van der Waals surface area (Å²) >= 11 is 0. The van der Waals surface area contributed by atoms with E-state index < -0.39 is 8.60 Å². The van der Waals surface area contributed by atoms with Crippen LogP contribution in [0.25, 0.3) is 12.2 Å². The van der Waals surface area contributed by atoms with E-state index in [-0.39, 0.29) is 6.61 Å². The van der Waals surface area contributed by atoms with Crippen molar-refractivity contribution in [3.63, 3.8) is 0 Å². The largest absolute Gasteiger partial charge is 0.383 e. The van der Waals surface area contributed by atoms with E-state index in [1.165, 1.54) is 11.1 Å². The summed E-state index contributed by atoms with van der Waals surface area (Å²) in [6.45, 7) is 2.86. The molecule has 0 aliphatic rings. The maximum atomic E-state index is 8.62. The predicted molar refractivity (Wildman–Crippen MR) is 92.3 cm³/mol. The van der Waals surface area contributed by atoms with Gasteiger partial charge in [-0.1, -0.05) is 54.1 Å². The maximum Gasteiger partial charge on any atom is 0.327 e. The van der Waals surface area contributed by atoms with Crippen LogP contribution in [0.3, 0.4) is 0 Å². The zero-order valence-electron chi connectivity index (χ0n) is 12.4. The Hall–Kier alpha value is -1.71. The molecular formula is C17H20NO3P. The number of hydrogen-bond acceptors (Lipinski definition) is 4. The molecule has 3 N–H and O–H groups in total. The number of aryl methyl sites for hydroxylation is 1. The quantitative estimate of drug-likeness (QED) is 0.413. The van der Waals surface area contributed by atoms with Gasteiger partial charge in [0.25, 0.3) is 0 Å². The number of anilines is 1. The molecule has 22 heavy (non-hydrogen) atoms. The van der Waals surface area contributed by atoms with Crippen molar-refractivity contribution in [2.24, 2.45) is 0 Å². The van der Waals surface area contributed by atoms with Gasteiger partial charge in [-0.15, -0.1) is 0 Å². The average Bonchev–Trinajstić information content (AvgIpc) is 2.52. The summed E-state index contributed by atoms with van der Waals surface area (Å²) in [4.78, 5) is 17.2. The molecule has 0 spiro atoms. The van der Waals surface area contributed by atoms with Gasteiger partial charge in [0.2, 0.25) is 0 Å². The van der Waals surface area contributed by atoms with Crippen LogP contribution in [-0.4, -0.2) is 22.9 Å². The highest BCUT2D eigenvalue weighted by atomic mass is 31.2. The molecule has 0 atom stereocenters. The molecule has 0 fully saturated rings. The van der Waals surface area contributed by atoms with E-state index in [0.29, 0.717) is 6.54 Å². The molecule has 0 heterocycles. The topological polar surface area (TPSA) is 61.7 Å². The van der Waals surface area contributed by atoms with Crippen LogP contribution in [0, 0.1) is 6.92 Å². The Morgan fingerprint density at radius 1 is 0.955 bits per heavy atom. The van der Waals surface area contributed by atoms with E-state index in [4.69, 9.17) is 9.79 Å². The van der Waals surface area contributed by atoms with Crippen LogP contribution in [0.15, 0.2) is 48.5 Å². The van der Waals surface area contributed by atoms with E-state index in [0.717, 1.165) is 11.3 Å². The summed E-state index contributed by atoms with van der Waals surface area (Å²) in [5, 5.41) is 3.15. The Morgan fingerprint density at radius 2 is 1.50 bits per heavy atom. The van der Waals surface area contributed by atoms with Crippen molar-refractivity contribution >= 4 is 26.4 Å². The Kier molecular flexibility index (Phi) is 6.56. The molecule has 0 aliphatic heterocycles. The van der Waals surface area contributed by atoms with Gasteiger partial charge in [0.05, 0.1) is 6.61 Å². The van der Waals surface area contributed by atoms with Crippen molar-refractivity contribution in [1.82, 2.24) is 0 Å². The molecule has 2 aromatic rings. The SMILES string of the molecule is Cc1ccc(/C=C/c2ccc(NCCOP(O)O)cc2)cc1. The number of benzene rings is 2. The normalized spacial score (nSPS) is 11.3. The van der Waals surface area contributed by atoms with Crippen molar-refractivity contribution in [3.05, 3.63) is 65.2 Å². The zero-order valence-corrected chi connectivity index (χ0v) is 13.3. The van der Waals surface area contributed by atoms with Gasteiger partial charge in [0.15, 0.2) is 0 Å². The van der Waals surface area contributed by atoms with Gasteiger partial charge in [0, 0.05) is 12.2 Å². The summed E-state index contributed by atoms with van der Waals surface area (Å²) in [6, 6.07) is 16.4. The van der Waals surface area contributed by atoms with Crippen molar-refractivity contribution in [1.29, 1.82) is 0 Å². The minimum absolute atomic E-state index is 0.258. The van der Waals surface area contributed by atoms with Crippen LogP contribution < -0.4 is 5.32 Å². The molecule has 116 valence electrons. The fourth-order valence-electron chi connectivity index (χ4n) is 1.90. The predicted octanol–water partition coefficient (Wildman–Crippen LogP) is 3.81. The molecule has 0 saturated carbocycles.